The number of likely N-dealkylation sites (tertiary alicyclic amines) is 2. The highest BCUT2D eigenvalue weighted by Gasteiger charge is 2.28. The maximum Gasteiger partial charge on any atom is 0.354 e. The topological polar surface area (TPSA) is 56.1 Å². The van der Waals surface area contributed by atoms with E-state index in [9.17, 15) is 9.90 Å². The van der Waals surface area contributed by atoms with Crippen LogP contribution in [0.1, 0.15) is 73.6 Å². The van der Waals surface area contributed by atoms with Crippen LogP contribution in [0.4, 0.5) is 0 Å². The number of piperidine rings is 1. The number of carbonyl (C=O) groups is 1. The second-order valence-corrected chi connectivity index (χ2v) is 9.30. The van der Waals surface area contributed by atoms with E-state index in [1.807, 2.05) is 6.92 Å². The first-order valence-corrected chi connectivity index (χ1v) is 10.8. The van der Waals surface area contributed by atoms with Crippen LogP contribution in [0.3, 0.4) is 0 Å². The van der Waals surface area contributed by atoms with Crippen molar-refractivity contribution in [3.63, 3.8) is 0 Å². The molecule has 0 aromatic rings. The third-order valence-electron chi connectivity index (χ3n) is 6.31. The minimum Gasteiger partial charge on any atom is -0.477 e. The van der Waals surface area contributed by atoms with Crippen LogP contribution in [0.5, 0.6) is 0 Å². The second-order valence-electron chi connectivity index (χ2n) is 9.30. The van der Waals surface area contributed by atoms with Crippen molar-refractivity contribution < 1.29 is 9.90 Å². The summed E-state index contributed by atoms with van der Waals surface area (Å²) in [6.45, 7) is 16.8. The van der Waals surface area contributed by atoms with E-state index in [4.69, 9.17) is 0 Å². The van der Waals surface area contributed by atoms with Crippen molar-refractivity contribution in [3.8, 4) is 0 Å². The number of aliphatic carboxylic acids is 1. The Kier molecular flexibility index (Phi) is 7.87. The molecule has 2 aliphatic rings. The molecule has 0 aromatic carbocycles. The highest BCUT2D eigenvalue weighted by molar-refractivity contribution is 6.40. The molecule has 0 bridgehead atoms. The second kappa shape index (κ2) is 9.73. The van der Waals surface area contributed by atoms with Gasteiger partial charge in [-0.2, -0.15) is 0 Å². The lowest BCUT2D eigenvalue weighted by molar-refractivity contribution is -0.129. The third-order valence-corrected chi connectivity index (χ3v) is 6.31. The maximum absolute atomic E-state index is 11.9. The minimum absolute atomic E-state index is 0.0754. The Balaban J connectivity index is 2.23. The first-order chi connectivity index (χ1) is 13.1. The number of allylic oxidation sites excluding steroid dienone is 2. The molecule has 0 radical (unpaired) electrons. The average Bonchev–Trinajstić information content (AvgIpc) is 3.18. The molecular formula is C23H39N3O2. The minimum atomic E-state index is -0.961. The predicted molar refractivity (Wildman–Crippen MR) is 117 cm³/mol. The Morgan fingerprint density at radius 2 is 1.68 bits per heavy atom. The van der Waals surface area contributed by atoms with Crippen LogP contribution < -0.4 is 0 Å². The number of hydrogen-bond acceptors (Lipinski definition) is 4. The van der Waals surface area contributed by atoms with Crippen molar-refractivity contribution in [1.82, 2.24) is 9.80 Å². The van der Waals surface area contributed by atoms with Crippen molar-refractivity contribution in [1.29, 1.82) is 0 Å². The van der Waals surface area contributed by atoms with Gasteiger partial charge in [0.15, 0.2) is 5.71 Å². The van der Waals surface area contributed by atoms with Gasteiger partial charge in [-0.25, -0.2) is 9.79 Å². The van der Waals surface area contributed by atoms with Gasteiger partial charge in [-0.15, -0.1) is 0 Å². The summed E-state index contributed by atoms with van der Waals surface area (Å²) in [5.41, 5.74) is 2.24. The van der Waals surface area contributed by atoms with Gasteiger partial charge in [-0.05, 0) is 76.1 Å². The van der Waals surface area contributed by atoms with Crippen molar-refractivity contribution >= 4 is 11.7 Å². The van der Waals surface area contributed by atoms with Crippen molar-refractivity contribution in [2.24, 2.45) is 10.4 Å². The molecule has 5 heteroatoms. The van der Waals surface area contributed by atoms with Crippen molar-refractivity contribution in [3.05, 3.63) is 23.0 Å². The number of carboxylic acid groups (broad SMARTS) is 1. The molecule has 2 aliphatic heterocycles. The smallest absolute Gasteiger partial charge is 0.354 e. The molecule has 0 aliphatic carbocycles. The molecule has 5 nitrogen and oxygen atoms in total. The Morgan fingerprint density at radius 1 is 1.11 bits per heavy atom. The van der Waals surface area contributed by atoms with Gasteiger partial charge in [-0.1, -0.05) is 33.3 Å². The summed E-state index contributed by atoms with van der Waals surface area (Å²) in [6.07, 6.45) is 7.53. The van der Waals surface area contributed by atoms with E-state index < -0.39 is 5.97 Å². The fraction of sp³-hybridized carbons (Fsp3) is 0.739. The summed E-state index contributed by atoms with van der Waals surface area (Å²) in [5.74, 6) is -0.102. The van der Waals surface area contributed by atoms with Crippen LogP contribution in [0.25, 0.3) is 0 Å². The molecule has 28 heavy (non-hydrogen) atoms. The fourth-order valence-electron chi connectivity index (χ4n) is 3.82. The highest BCUT2D eigenvalue weighted by atomic mass is 16.4. The Labute approximate surface area is 171 Å². The first kappa shape index (κ1) is 22.7. The van der Waals surface area contributed by atoms with Gasteiger partial charge in [-0.3, -0.25) is 0 Å². The Bertz CT molecular complexity index is 641. The van der Waals surface area contributed by atoms with Gasteiger partial charge in [0, 0.05) is 19.1 Å². The zero-order chi connectivity index (χ0) is 20.9. The van der Waals surface area contributed by atoms with Gasteiger partial charge < -0.3 is 14.9 Å². The summed E-state index contributed by atoms with van der Waals surface area (Å²) in [4.78, 5) is 21.5. The third kappa shape index (κ3) is 5.94. The summed E-state index contributed by atoms with van der Waals surface area (Å²) in [7, 11) is 0. The van der Waals surface area contributed by atoms with E-state index in [2.05, 4.69) is 49.4 Å². The van der Waals surface area contributed by atoms with Crippen molar-refractivity contribution in [2.45, 2.75) is 79.7 Å². The summed E-state index contributed by atoms with van der Waals surface area (Å²) in [5, 5.41) is 9.75. The average molecular weight is 390 g/mol. The van der Waals surface area contributed by atoms with Crippen LogP contribution in [-0.2, 0) is 4.79 Å². The van der Waals surface area contributed by atoms with Crippen LogP contribution in [0.15, 0.2) is 28.0 Å². The molecule has 0 saturated carbocycles. The van der Waals surface area contributed by atoms with Crippen LogP contribution in [-0.4, -0.2) is 58.8 Å². The summed E-state index contributed by atoms with van der Waals surface area (Å²) < 4.78 is 0. The van der Waals surface area contributed by atoms with Gasteiger partial charge in [0.05, 0.1) is 0 Å². The molecule has 158 valence electrons. The van der Waals surface area contributed by atoms with Crippen LogP contribution in [0.2, 0.25) is 0 Å². The number of rotatable bonds is 6. The molecule has 0 aromatic heterocycles. The molecule has 2 rings (SSSR count). The lowest BCUT2D eigenvalue weighted by atomic mass is 9.87. The largest absolute Gasteiger partial charge is 0.477 e. The van der Waals surface area contributed by atoms with Crippen LogP contribution in [0, 0.1) is 5.41 Å². The molecule has 0 atom stereocenters. The number of carboxylic acids is 1. The van der Waals surface area contributed by atoms with Crippen molar-refractivity contribution in [2.75, 3.05) is 26.2 Å². The molecule has 2 saturated heterocycles. The lowest BCUT2D eigenvalue weighted by Gasteiger charge is -2.38. The summed E-state index contributed by atoms with van der Waals surface area (Å²) in [6, 6.07) is 0.674. The van der Waals surface area contributed by atoms with Gasteiger partial charge in [0.2, 0.25) is 0 Å². The number of aliphatic imine (C=N–C) groups is 1. The van der Waals surface area contributed by atoms with E-state index in [1.54, 1.807) is 6.08 Å². The van der Waals surface area contributed by atoms with Gasteiger partial charge in [0.1, 0.15) is 5.82 Å². The fourth-order valence-corrected chi connectivity index (χ4v) is 3.82. The molecular weight excluding hydrogens is 350 g/mol. The molecule has 0 unspecified atom stereocenters. The Hall–Kier alpha value is -1.62. The molecule has 1 N–H and O–H groups in total. The standard InChI is InChI=1S/C23H39N3O2/c1-7-17(2)21(24-20(22(27)28)16-18(3)23(4,5)6)26-14-10-19(11-15-26)25-12-8-9-13-25/h16,19H,7-15H2,1-6H3,(H,27,28)/b18-16+,21-17-,24-20+. The van der Waals surface area contributed by atoms with Gasteiger partial charge >= 0.3 is 5.97 Å². The molecule has 0 spiro atoms. The number of hydrogen-bond donors (Lipinski definition) is 1. The maximum atomic E-state index is 11.9. The SMILES string of the molecule is CC/C(C)=C(/N=C(\C=C(/C)C(C)(C)C)C(=O)O)N1CCC(N2CCCC2)CC1. The van der Waals surface area contributed by atoms with E-state index in [-0.39, 0.29) is 11.1 Å². The Morgan fingerprint density at radius 3 is 2.14 bits per heavy atom. The predicted octanol–water partition coefficient (Wildman–Crippen LogP) is 4.71. The molecule has 2 heterocycles. The monoisotopic (exact) mass is 389 g/mol. The lowest BCUT2D eigenvalue weighted by Crippen LogP contribution is -2.43. The zero-order valence-electron chi connectivity index (χ0n) is 18.7. The first-order valence-electron chi connectivity index (χ1n) is 10.8. The number of nitrogens with zero attached hydrogens (tertiary/aromatic N) is 3. The van der Waals surface area contributed by atoms with Gasteiger partial charge in [0.25, 0.3) is 0 Å². The summed E-state index contributed by atoms with van der Waals surface area (Å²) >= 11 is 0. The zero-order valence-corrected chi connectivity index (χ0v) is 18.7. The van der Waals surface area contributed by atoms with E-state index in [0.717, 1.165) is 49.3 Å². The normalized spacial score (nSPS) is 21.9. The molecule has 2 fully saturated rings. The quantitative estimate of drug-likeness (QED) is 0.669. The van der Waals surface area contributed by atoms with E-state index in [1.165, 1.54) is 25.9 Å². The van der Waals surface area contributed by atoms with Crippen LogP contribution >= 0.6 is 0 Å². The highest BCUT2D eigenvalue weighted by Crippen LogP contribution is 2.27. The molecule has 0 amide bonds. The van der Waals surface area contributed by atoms with E-state index in [0.29, 0.717) is 6.04 Å². The van der Waals surface area contributed by atoms with E-state index >= 15 is 0 Å².